The van der Waals surface area contributed by atoms with E-state index in [-0.39, 0.29) is 12.5 Å². The van der Waals surface area contributed by atoms with E-state index in [0.29, 0.717) is 37.8 Å². The number of sulfonamides is 1. The first-order valence-corrected chi connectivity index (χ1v) is 14.9. The molecular weight excluding hydrogens is 617 g/mol. The number of carboxylic acid groups (broad SMARTS) is 1. The fraction of sp³-hybridized carbons (Fsp3) is 0.560. The molecule has 0 bridgehead atoms. The zero-order valence-electron chi connectivity index (χ0n) is 23.6. The van der Waals surface area contributed by atoms with E-state index in [2.05, 4.69) is 14.8 Å². The number of benzene rings is 1. The molecule has 0 saturated carbocycles. The number of amides is 2. The minimum Gasteiger partial charge on any atom is -0.475 e. The number of ether oxygens (including phenoxy) is 1. The van der Waals surface area contributed by atoms with Crippen LogP contribution in [0.4, 0.5) is 13.2 Å². The van der Waals surface area contributed by atoms with Gasteiger partial charge in [-0.3, -0.25) is 19.8 Å². The molecule has 2 heterocycles. The number of nitrogens with two attached hydrogens (primary N) is 1. The molecule has 2 unspecified atom stereocenters. The number of aliphatic hydroxyl groups excluding tert-OH is 1. The molecule has 2 aliphatic heterocycles. The molecule has 2 saturated heterocycles. The van der Waals surface area contributed by atoms with Gasteiger partial charge in [-0.2, -0.15) is 13.2 Å². The van der Waals surface area contributed by atoms with Crippen molar-refractivity contribution < 1.29 is 55.7 Å². The monoisotopic (exact) mass is 652 g/mol. The van der Waals surface area contributed by atoms with E-state index < -0.39 is 76.5 Å². The molecule has 44 heavy (non-hydrogen) atoms. The van der Waals surface area contributed by atoms with Crippen LogP contribution in [-0.4, -0.2) is 109 Å². The van der Waals surface area contributed by atoms with Gasteiger partial charge in [0, 0.05) is 13.1 Å². The van der Waals surface area contributed by atoms with Crippen LogP contribution in [0.25, 0.3) is 0 Å². The minimum absolute atomic E-state index is 0.196. The van der Waals surface area contributed by atoms with E-state index in [1.54, 1.807) is 30.3 Å². The van der Waals surface area contributed by atoms with Crippen LogP contribution in [0.1, 0.15) is 37.7 Å². The van der Waals surface area contributed by atoms with Gasteiger partial charge in [0.25, 0.3) is 0 Å². The Hall–Kier alpha value is -3.97. The van der Waals surface area contributed by atoms with E-state index in [4.69, 9.17) is 21.0 Å². The molecule has 2 amide bonds. The minimum atomic E-state index is -5.08. The van der Waals surface area contributed by atoms with E-state index in [9.17, 15) is 41.1 Å². The summed E-state index contributed by atoms with van der Waals surface area (Å²) in [5, 5.41) is 28.0. The highest BCUT2D eigenvalue weighted by molar-refractivity contribution is 7.88. The molecule has 4 atom stereocenters. The maximum absolute atomic E-state index is 13.4. The lowest BCUT2D eigenvalue weighted by Gasteiger charge is -2.39. The lowest BCUT2D eigenvalue weighted by molar-refractivity contribution is -0.192. The molecule has 15 nitrogen and oxygen atoms in total. The number of aliphatic carboxylic acids is 1. The molecule has 1 aromatic carbocycles. The molecule has 3 rings (SSSR count). The van der Waals surface area contributed by atoms with Crippen molar-refractivity contribution in [1.29, 1.82) is 5.41 Å². The number of alkyl halides is 3. The van der Waals surface area contributed by atoms with Crippen LogP contribution in [0.3, 0.4) is 0 Å². The van der Waals surface area contributed by atoms with Crippen LogP contribution in [-0.2, 0) is 39.7 Å². The third-order valence-electron chi connectivity index (χ3n) is 6.73. The SMILES string of the molecule is COC(=O)C[C@H](NS(=O)(=O)Cc1ccccc1)C(=O)N1CCC[C@H]1C(=O)NC1CCCN(C(=N)N)C1O.O=C(O)C(F)(F)F. The van der Waals surface area contributed by atoms with Crippen LogP contribution in [0.2, 0.25) is 0 Å². The fourth-order valence-corrected chi connectivity index (χ4v) is 5.99. The van der Waals surface area contributed by atoms with Crippen LogP contribution in [0, 0.1) is 5.41 Å². The predicted molar refractivity (Wildman–Crippen MR) is 147 cm³/mol. The lowest BCUT2D eigenvalue weighted by atomic mass is 10.0. The lowest BCUT2D eigenvalue weighted by Crippen LogP contribution is -2.61. The van der Waals surface area contributed by atoms with Crippen LogP contribution < -0.4 is 15.8 Å². The van der Waals surface area contributed by atoms with Crippen LogP contribution >= 0.6 is 0 Å². The number of halogens is 3. The number of rotatable bonds is 9. The molecule has 0 aromatic heterocycles. The summed E-state index contributed by atoms with van der Waals surface area (Å²) in [6.07, 6.45) is -4.92. The number of carbonyl (C=O) groups is 4. The second kappa shape index (κ2) is 15.7. The molecule has 1 aromatic rings. The van der Waals surface area contributed by atoms with Gasteiger partial charge in [0.05, 0.1) is 25.3 Å². The van der Waals surface area contributed by atoms with Gasteiger partial charge in [-0.15, -0.1) is 0 Å². The van der Waals surface area contributed by atoms with Crippen molar-refractivity contribution >= 4 is 39.7 Å². The van der Waals surface area contributed by atoms with Crippen molar-refractivity contribution in [3.8, 4) is 0 Å². The van der Waals surface area contributed by atoms with Gasteiger partial charge in [0.2, 0.25) is 21.8 Å². The van der Waals surface area contributed by atoms with Gasteiger partial charge in [0.15, 0.2) is 5.96 Å². The highest BCUT2D eigenvalue weighted by atomic mass is 32.2. The van der Waals surface area contributed by atoms with Gasteiger partial charge < -0.3 is 35.8 Å². The average molecular weight is 653 g/mol. The molecular formula is C25H35F3N6O9S. The summed E-state index contributed by atoms with van der Waals surface area (Å²) in [5.41, 5.74) is 6.01. The van der Waals surface area contributed by atoms with Crippen molar-refractivity contribution in [2.24, 2.45) is 5.73 Å². The van der Waals surface area contributed by atoms with E-state index >= 15 is 0 Å². The summed E-state index contributed by atoms with van der Waals surface area (Å²) in [4.78, 5) is 50.0. The van der Waals surface area contributed by atoms with Gasteiger partial charge in [0.1, 0.15) is 18.3 Å². The predicted octanol–water partition coefficient (Wildman–Crippen LogP) is -0.546. The average Bonchev–Trinajstić information content (AvgIpc) is 3.43. The summed E-state index contributed by atoms with van der Waals surface area (Å²) < 4.78 is 64.4. The van der Waals surface area contributed by atoms with Crippen molar-refractivity contribution in [3.63, 3.8) is 0 Å². The van der Waals surface area contributed by atoms with E-state index in [1.165, 1.54) is 9.80 Å². The Morgan fingerprint density at radius 3 is 2.23 bits per heavy atom. The van der Waals surface area contributed by atoms with E-state index in [1.807, 2.05) is 0 Å². The first-order chi connectivity index (χ1) is 20.5. The maximum atomic E-state index is 13.4. The Labute approximate surface area is 251 Å². The molecule has 246 valence electrons. The van der Waals surface area contributed by atoms with E-state index in [0.717, 1.165) is 7.11 Å². The Morgan fingerprint density at radius 1 is 1.11 bits per heavy atom. The summed E-state index contributed by atoms with van der Waals surface area (Å²) in [6, 6.07) is 5.32. The summed E-state index contributed by atoms with van der Waals surface area (Å²) in [5.74, 6) is -5.46. The summed E-state index contributed by atoms with van der Waals surface area (Å²) >= 11 is 0. The molecule has 2 aliphatic rings. The third-order valence-corrected chi connectivity index (χ3v) is 8.09. The number of likely N-dealkylation sites (tertiary alicyclic amines) is 2. The summed E-state index contributed by atoms with van der Waals surface area (Å²) in [7, 11) is -2.89. The highest BCUT2D eigenvalue weighted by Crippen LogP contribution is 2.22. The number of esters is 1. The van der Waals surface area contributed by atoms with Gasteiger partial charge in [-0.1, -0.05) is 30.3 Å². The molecule has 0 aliphatic carbocycles. The number of aliphatic hydroxyl groups is 1. The molecule has 0 spiro atoms. The van der Waals surface area contributed by atoms with Crippen LogP contribution in [0.5, 0.6) is 0 Å². The molecule has 2 fully saturated rings. The normalized spacial score (nSPS) is 21.0. The Balaban J connectivity index is 0.000000860. The number of nitrogens with zero attached hydrogens (tertiary/aromatic N) is 2. The largest absolute Gasteiger partial charge is 0.490 e. The second-order valence-corrected chi connectivity index (χ2v) is 11.7. The zero-order valence-corrected chi connectivity index (χ0v) is 24.4. The first-order valence-electron chi connectivity index (χ1n) is 13.3. The maximum Gasteiger partial charge on any atom is 0.490 e. The topological polar surface area (TPSA) is 233 Å². The number of guanidine groups is 1. The Bertz CT molecular complexity index is 1300. The smallest absolute Gasteiger partial charge is 0.475 e. The quantitative estimate of drug-likeness (QED) is 0.113. The van der Waals surface area contributed by atoms with Crippen molar-refractivity contribution in [2.45, 2.75) is 68.4 Å². The fourth-order valence-electron chi connectivity index (χ4n) is 4.65. The number of methoxy groups -OCH3 is 1. The third kappa shape index (κ3) is 10.6. The Kier molecular flexibility index (Phi) is 12.9. The number of piperidine rings is 1. The molecule has 19 heteroatoms. The number of hydrogen-bond donors (Lipinski definition) is 6. The van der Waals surface area contributed by atoms with Gasteiger partial charge in [-0.25, -0.2) is 17.9 Å². The van der Waals surface area contributed by atoms with Gasteiger partial charge in [-0.05, 0) is 31.2 Å². The highest BCUT2D eigenvalue weighted by Gasteiger charge is 2.41. The van der Waals surface area contributed by atoms with Crippen molar-refractivity contribution in [1.82, 2.24) is 19.8 Å². The van der Waals surface area contributed by atoms with Gasteiger partial charge >= 0.3 is 18.1 Å². The van der Waals surface area contributed by atoms with Crippen molar-refractivity contribution in [2.75, 3.05) is 20.2 Å². The zero-order chi connectivity index (χ0) is 33.2. The van der Waals surface area contributed by atoms with Crippen LogP contribution in [0.15, 0.2) is 30.3 Å². The number of hydrogen-bond acceptors (Lipinski definition) is 9. The Morgan fingerprint density at radius 2 is 1.68 bits per heavy atom. The first kappa shape index (κ1) is 36.2. The standard InChI is InChI=1S/C23H34N6O7S.C2HF3O2/c1-36-19(30)13-17(27-37(34,35)14-15-7-3-2-4-8-15)22(33)28-11-6-10-18(28)20(31)26-16-9-5-12-29(21(16)32)23(24)25;3-2(4,5)1(6)7/h2-4,7-8,16-18,21,27,32H,5-6,9-14H2,1H3,(H3,24,25)(H,26,31);(H,6,7)/t16?,17-,18-,21?;/m0./s1. The molecule has 0 radical (unpaired) electrons. The number of nitrogens with one attached hydrogen (secondary N) is 3. The van der Waals surface area contributed by atoms with Crippen molar-refractivity contribution in [3.05, 3.63) is 35.9 Å². The number of carbonyl (C=O) groups excluding carboxylic acids is 3. The number of carboxylic acids is 1. The summed E-state index contributed by atoms with van der Waals surface area (Å²) in [6.45, 7) is 0.580. The second-order valence-electron chi connectivity index (χ2n) is 9.94. The molecule has 7 N–H and O–H groups in total.